The summed E-state index contributed by atoms with van der Waals surface area (Å²) >= 11 is 0. The molecule has 2 amide bonds. The van der Waals surface area contributed by atoms with Crippen LogP contribution >= 0.6 is 0 Å². The molecule has 1 fully saturated rings. The highest BCUT2D eigenvalue weighted by molar-refractivity contribution is 5.97. The van der Waals surface area contributed by atoms with Gasteiger partial charge in [0.05, 0.1) is 12.3 Å². The van der Waals surface area contributed by atoms with E-state index in [1.807, 2.05) is 26.8 Å². The highest BCUT2D eigenvalue weighted by Crippen LogP contribution is 2.29. The monoisotopic (exact) mass is 264 g/mol. The fraction of sp³-hybridized carbons (Fsp3) is 0.571. The third-order valence-electron chi connectivity index (χ3n) is 3.56. The smallest absolute Gasteiger partial charge is 0.246 e. The summed E-state index contributed by atoms with van der Waals surface area (Å²) in [5.74, 6) is 0.581. The Balaban J connectivity index is 2.36. The molecule has 5 nitrogen and oxygen atoms in total. The normalized spacial score (nSPS) is 25.6. The van der Waals surface area contributed by atoms with E-state index in [0.717, 1.165) is 0 Å². The van der Waals surface area contributed by atoms with Gasteiger partial charge < -0.3 is 14.6 Å². The molecular formula is C14H20N2O3. The minimum Gasteiger partial charge on any atom is -0.467 e. The Kier molecular flexibility index (Phi) is 3.64. The summed E-state index contributed by atoms with van der Waals surface area (Å²) in [5, 5.41) is 2.73. The fourth-order valence-corrected chi connectivity index (χ4v) is 2.57. The van der Waals surface area contributed by atoms with Gasteiger partial charge in [0, 0.05) is 0 Å². The molecule has 1 aromatic heterocycles. The van der Waals surface area contributed by atoms with Gasteiger partial charge in [0.2, 0.25) is 11.8 Å². The summed E-state index contributed by atoms with van der Waals surface area (Å²) in [5.41, 5.74) is 0. The van der Waals surface area contributed by atoms with E-state index in [9.17, 15) is 9.59 Å². The Morgan fingerprint density at radius 2 is 2.00 bits per heavy atom. The van der Waals surface area contributed by atoms with Gasteiger partial charge in [-0.3, -0.25) is 9.59 Å². The molecule has 3 atom stereocenters. The number of furan rings is 1. The summed E-state index contributed by atoms with van der Waals surface area (Å²) in [6.45, 7) is 7.47. The molecule has 2 heterocycles. The minimum absolute atomic E-state index is 0.0499. The number of hydrogen-bond donors (Lipinski definition) is 1. The second-order valence-corrected chi connectivity index (χ2v) is 5.36. The lowest BCUT2D eigenvalue weighted by molar-refractivity contribution is -0.153. The third-order valence-corrected chi connectivity index (χ3v) is 3.56. The quantitative estimate of drug-likeness (QED) is 0.904. The topological polar surface area (TPSA) is 62.6 Å². The Bertz CT molecular complexity index is 467. The van der Waals surface area contributed by atoms with Crippen molar-refractivity contribution in [3.63, 3.8) is 0 Å². The number of rotatable bonds is 3. The van der Waals surface area contributed by atoms with Crippen LogP contribution in [0.4, 0.5) is 0 Å². The Hall–Kier alpha value is -1.78. The van der Waals surface area contributed by atoms with Crippen LogP contribution in [0.15, 0.2) is 22.8 Å². The molecule has 104 valence electrons. The zero-order valence-corrected chi connectivity index (χ0v) is 11.7. The standard InChI is InChI=1S/C14H20N2O3/c1-8(2)12-13(17)15-9(3)14(18)16(12)10(4)11-6-5-7-19-11/h5-10,12H,1-4H3,(H,15,17). The average Bonchev–Trinajstić information content (AvgIpc) is 2.85. The van der Waals surface area contributed by atoms with Crippen molar-refractivity contribution in [2.75, 3.05) is 0 Å². The van der Waals surface area contributed by atoms with Gasteiger partial charge in [-0.2, -0.15) is 0 Å². The van der Waals surface area contributed by atoms with Crippen LogP contribution in [0.3, 0.4) is 0 Å². The van der Waals surface area contributed by atoms with E-state index < -0.39 is 12.1 Å². The first-order chi connectivity index (χ1) is 8.93. The number of carbonyl (C=O) groups excluding carboxylic acids is 2. The first kappa shape index (κ1) is 13.6. The maximum atomic E-state index is 12.4. The van der Waals surface area contributed by atoms with E-state index >= 15 is 0 Å². The molecule has 0 bridgehead atoms. The number of piperazine rings is 1. The fourth-order valence-electron chi connectivity index (χ4n) is 2.57. The zero-order chi connectivity index (χ0) is 14.2. The van der Waals surface area contributed by atoms with Crippen molar-refractivity contribution in [3.05, 3.63) is 24.2 Å². The predicted octanol–water partition coefficient (Wildman–Crippen LogP) is 1.71. The molecular weight excluding hydrogens is 244 g/mol. The molecule has 1 N–H and O–H groups in total. The molecule has 1 saturated heterocycles. The molecule has 0 radical (unpaired) electrons. The van der Waals surface area contributed by atoms with Crippen LogP contribution in [0.2, 0.25) is 0 Å². The first-order valence-electron chi connectivity index (χ1n) is 6.59. The number of carbonyl (C=O) groups is 2. The molecule has 1 aliphatic rings. The second-order valence-electron chi connectivity index (χ2n) is 5.36. The van der Waals surface area contributed by atoms with Crippen molar-refractivity contribution < 1.29 is 14.0 Å². The van der Waals surface area contributed by atoms with Crippen molar-refractivity contribution in [2.24, 2.45) is 5.92 Å². The molecule has 3 unspecified atom stereocenters. The summed E-state index contributed by atoms with van der Waals surface area (Å²) in [6.07, 6.45) is 1.58. The van der Waals surface area contributed by atoms with E-state index in [-0.39, 0.29) is 23.8 Å². The van der Waals surface area contributed by atoms with Crippen LogP contribution in [0.25, 0.3) is 0 Å². The number of amides is 2. The van der Waals surface area contributed by atoms with E-state index in [2.05, 4.69) is 5.32 Å². The Morgan fingerprint density at radius 1 is 1.32 bits per heavy atom. The van der Waals surface area contributed by atoms with Gasteiger partial charge in [-0.15, -0.1) is 0 Å². The Labute approximate surface area is 113 Å². The van der Waals surface area contributed by atoms with E-state index in [1.165, 1.54) is 0 Å². The van der Waals surface area contributed by atoms with Crippen LogP contribution in [-0.2, 0) is 9.59 Å². The maximum Gasteiger partial charge on any atom is 0.246 e. The lowest BCUT2D eigenvalue weighted by Crippen LogP contribution is -2.64. The Morgan fingerprint density at radius 3 is 2.53 bits per heavy atom. The number of nitrogens with one attached hydrogen (secondary N) is 1. The summed E-state index contributed by atoms with van der Waals surface area (Å²) in [6, 6.07) is 2.42. The van der Waals surface area contributed by atoms with E-state index in [1.54, 1.807) is 24.2 Å². The average molecular weight is 264 g/mol. The van der Waals surface area contributed by atoms with Crippen molar-refractivity contribution in [1.82, 2.24) is 10.2 Å². The minimum atomic E-state index is -0.486. The zero-order valence-electron chi connectivity index (χ0n) is 11.7. The van der Waals surface area contributed by atoms with Crippen LogP contribution < -0.4 is 5.32 Å². The molecule has 5 heteroatoms. The number of hydrogen-bond acceptors (Lipinski definition) is 3. The summed E-state index contributed by atoms with van der Waals surface area (Å²) < 4.78 is 5.37. The molecule has 19 heavy (non-hydrogen) atoms. The van der Waals surface area contributed by atoms with Gasteiger partial charge in [0.15, 0.2) is 0 Å². The molecule has 1 aliphatic heterocycles. The molecule has 0 spiro atoms. The van der Waals surface area contributed by atoms with Crippen LogP contribution in [0, 0.1) is 5.92 Å². The van der Waals surface area contributed by atoms with Crippen molar-refractivity contribution >= 4 is 11.8 Å². The van der Waals surface area contributed by atoms with Crippen LogP contribution in [-0.4, -0.2) is 28.8 Å². The third kappa shape index (κ3) is 2.37. The van der Waals surface area contributed by atoms with Gasteiger partial charge in [-0.05, 0) is 31.9 Å². The van der Waals surface area contributed by atoms with E-state index in [0.29, 0.717) is 5.76 Å². The molecule has 2 rings (SSSR count). The van der Waals surface area contributed by atoms with Crippen molar-refractivity contribution in [2.45, 2.75) is 45.8 Å². The molecule has 0 aliphatic carbocycles. The van der Waals surface area contributed by atoms with Gasteiger partial charge in [-0.1, -0.05) is 13.8 Å². The highest BCUT2D eigenvalue weighted by atomic mass is 16.3. The molecule has 0 aromatic carbocycles. The van der Waals surface area contributed by atoms with Crippen LogP contribution in [0.5, 0.6) is 0 Å². The second kappa shape index (κ2) is 5.07. The van der Waals surface area contributed by atoms with Crippen molar-refractivity contribution in [3.8, 4) is 0 Å². The lowest BCUT2D eigenvalue weighted by atomic mass is 9.95. The number of nitrogens with zero attached hydrogens (tertiary/aromatic N) is 1. The largest absolute Gasteiger partial charge is 0.467 e. The first-order valence-corrected chi connectivity index (χ1v) is 6.59. The lowest BCUT2D eigenvalue weighted by Gasteiger charge is -2.42. The van der Waals surface area contributed by atoms with Gasteiger partial charge in [0.1, 0.15) is 17.8 Å². The van der Waals surface area contributed by atoms with Gasteiger partial charge >= 0.3 is 0 Å². The van der Waals surface area contributed by atoms with Gasteiger partial charge in [-0.25, -0.2) is 0 Å². The highest BCUT2D eigenvalue weighted by Gasteiger charge is 2.43. The molecule has 0 saturated carbocycles. The van der Waals surface area contributed by atoms with E-state index in [4.69, 9.17) is 4.42 Å². The maximum absolute atomic E-state index is 12.4. The SMILES string of the molecule is CC1NC(=O)C(C(C)C)N(C(C)c2ccco2)C1=O. The summed E-state index contributed by atoms with van der Waals surface area (Å²) in [4.78, 5) is 26.2. The van der Waals surface area contributed by atoms with Gasteiger partial charge in [0.25, 0.3) is 0 Å². The predicted molar refractivity (Wildman–Crippen MR) is 70.2 cm³/mol. The van der Waals surface area contributed by atoms with Crippen LogP contribution in [0.1, 0.15) is 39.5 Å². The van der Waals surface area contributed by atoms with Crippen molar-refractivity contribution in [1.29, 1.82) is 0 Å². The summed E-state index contributed by atoms with van der Waals surface area (Å²) in [7, 11) is 0. The molecule has 1 aromatic rings.